The van der Waals surface area contributed by atoms with E-state index in [0.29, 0.717) is 11.6 Å². The van der Waals surface area contributed by atoms with Gasteiger partial charge in [0.2, 0.25) is 0 Å². The van der Waals surface area contributed by atoms with Gasteiger partial charge in [0, 0.05) is 6.54 Å². The van der Waals surface area contributed by atoms with Crippen LogP contribution in [0.2, 0.25) is 5.02 Å². The second-order valence-electron chi connectivity index (χ2n) is 4.29. The molecule has 0 saturated carbocycles. The molecule has 0 fully saturated rings. The molecule has 98 valence electrons. The van der Waals surface area contributed by atoms with E-state index < -0.39 is 5.97 Å². The number of aryl methyl sites for hydroxylation is 1. The summed E-state index contributed by atoms with van der Waals surface area (Å²) in [6, 6.07) is 12.5. The maximum Gasteiger partial charge on any atom is 0.335 e. The molecular formula is C15H14ClNO2. The Morgan fingerprint density at radius 3 is 2.68 bits per heavy atom. The highest BCUT2D eigenvalue weighted by Gasteiger charge is 2.05. The first-order valence-electron chi connectivity index (χ1n) is 5.89. The van der Waals surface area contributed by atoms with Crippen molar-refractivity contribution < 1.29 is 9.90 Å². The summed E-state index contributed by atoms with van der Waals surface area (Å²) in [4.78, 5) is 10.9. The maximum absolute atomic E-state index is 10.9. The third-order valence-electron chi connectivity index (χ3n) is 2.87. The second kappa shape index (κ2) is 5.76. The van der Waals surface area contributed by atoms with E-state index in [0.717, 1.165) is 16.8 Å². The molecule has 4 heteroatoms. The van der Waals surface area contributed by atoms with Gasteiger partial charge in [-0.1, -0.05) is 35.9 Å². The zero-order valence-electron chi connectivity index (χ0n) is 10.5. The summed E-state index contributed by atoms with van der Waals surface area (Å²) < 4.78 is 0. The fourth-order valence-electron chi connectivity index (χ4n) is 1.86. The lowest BCUT2D eigenvalue weighted by atomic mass is 10.1. The van der Waals surface area contributed by atoms with Crippen LogP contribution in [0.15, 0.2) is 42.5 Å². The highest BCUT2D eigenvalue weighted by atomic mass is 35.5. The molecule has 2 aromatic rings. The highest BCUT2D eigenvalue weighted by molar-refractivity contribution is 6.33. The largest absolute Gasteiger partial charge is 0.478 e. The molecule has 0 aliphatic rings. The average Bonchev–Trinajstić information content (AvgIpc) is 2.38. The summed E-state index contributed by atoms with van der Waals surface area (Å²) in [6.45, 7) is 2.51. The van der Waals surface area contributed by atoms with Gasteiger partial charge in [-0.2, -0.15) is 0 Å². The number of rotatable bonds is 4. The molecule has 2 rings (SSSR count). The topological polar surface area (TPSA) is 49.3 Å². The lowest BCUT2D eigenvalue weighted by Gasteiger charge is -2.11. The van der Waals surface area contributed by atoms with E-state index in [9.17, 15) is 4.79 Å². The Kier molecular flexibility index (Phi) is 4.07. The minimum atomic E-state index is -0.921. The molecule has 0 aliphatic carbocycles. The van der Waals surface area contributed by atoms with Crippen molar-refractivity contribution in [2.24, 2.45) is 0 Å². The zero-order chi connectivity index (χ0) is 13.8. The van der Waals surface area contributed by atoms with E-state index >= 15 is 0 Å². The Labute approximate surface area is 116 Å². The number of aromatic carboxylic acids is 1. The molecule has 2 aromatic carbocycles. The van der Waals surface area contributed by atoms with Crippen LogP contribution < -0.4 is 5.32 Å². The molecule has 0 atom stereocenters. The fraction of sp³-hybridized carbons (Fsp3) is 0.133. The van der Waals surface area contributed by atoms with Crippen molar-refractivity contribution >= 4 is 23.3 Å². The summed E-state index contributed by atoms with van der Waals surface area (Å²) in [6.07, 6.45) is 0. The van der Waals surface area contributed by atoms with Gasteiger partial charge in [0.25, 0.3) is 0 Å². The Bertz CT molecular complexity index is 591. The smallest absolute Gasteiger partial charge is 0.335 e. The third-order valence-corrected chi connectivity index (χ3v) is 3.18. The van der Waals surface area contributed by atoms with Gasteiger partial charge < -0.3 is 10.4 Å². The van der Waals surface area contributed by atoms with Crippen LogP contribution in [0.5, 0.6) is 0 Å². The van der Waals surface area contributed by atoms with Gasteiger partial charge in [0.1, 0.15) is 0 Å². The predicted octanol–water partition coefficient (Wildman–Crippen LogP) is 3.96. The van der Waals surface area contributed by atoms with Gasteiger partial charge >= 0.3 is 5.97 Å². The Balaban J connectivity index is 2.15. The summed E-state index contributed by atoms with van der Waals surface area (Å²) in [5.74, 6) is -0.921. The summed E-state index contributed by atoms with van der Waals surface area (Å²) in [5, 5.41) is 12.8. The quantitative estimate of drug-likeness (QED) is 0.888. The van der Waals surface area contributed by atoms with Crippen LogP contribution in [-0.4, -0.2) is 11.1 Å². The normalized spacial score (nSPS) is 10.2. The summed E-state index contributed by atoms with van der Waals surface area (Å²) in [7, 11) is 0. The van der Waals surface area contributed by atoms with Crippen LogP contribution >= 0.6 is 11.6 Å². The first-order valence-corrected chi connectivity index (χ1v) is 6.27. The van der Waals surface area contributed by atoms with Crippen molar-refractivity contribution in [1.29, 1.82) is 0 Å². The van der Waals surface area contributed by atoms with E-state index in [4.69, 9.17) is 16.7 Å². The van der Waals surface area contributed by atoms with Gasteiger partial charge in [-0.15, -0.1) is 0 Å². The minimum absolute atomic E-state index is 0.287. The molecule has 0 radical (unpaired) electrons. The van der Waals surface area contributed by atoms with E-state index in [2.05, 4.69) is 5.32 Å². The molecule has 0 unspecified atom stereocenters. The van der Waals surface area contributed by atoms with E-state index in [1.165, 1.54) is 0 Å². The number of anilines is 1. The van der Waals surface area contributed by atoms with Crippen LogP contribution in [0.1, 0.15) is 21.5 Å². The van der Waals surface area contributed by atoms with Gasteiger partial charge in [-0.3, -0.25) is 0 Å². The summed E-state index contributed by atoms with van der Waals surface area (Å²) >= 11 is 6.12. The zero-order valence-corrected chi connectivity index (χ0v) is 11.2. The molecule has 0 amide bonds. The molecule has 0 heterocycles. The highest BCUT2D eigenvalue weighted by Crippen LogP contribution is 2.25. The number of benzene rings is 2. The van der Waals surface area contributed by atoms with Crippen LogP contribution in [0.4, 0.5) is 5.69 Å². The summed E-state index contributed by atoms with van der Waals surface area (Å²) in [5.41, 5.74) is 3.13. The van der Waals surface area contributed by atoms with Crippen molar-refractivity contribution in [2.45, 2.75) is 13.5 Å². The van der Waals surface area contributed by atoms with Crippen LogP contribution in [0.3, 0.4) is 0 Å². The number of halogens is 1. The molecule has 19 heavy (non-hydrogen) atoms. The third kappa shape index (κ3) is 3.26. The van der Waals surface area contributed by atoms with Crippen LogP contribution in [0.25, 0.3) is 0 Å². The first kappa shape index (κ1) is 13.4. The molecule has 0 bridgehead atoms. The number of hydrogen-bond donors (Lipinski definition) is 2. The SMILES string of the molecule is Cc1cccc(Cl)c1NCc1cccc(C(=O)O)c1. The minimum Gasteiger partial charge on any atom is -0.478 e. The van der Waals surface area contributed by atoms with E-state index in [1.807, 2.05) is 31.2 Å². The van der Waals surface area contributed by atoms with Crippen molar-refractivity contribution in [3.05, 3.63) is 64.2 Å². The predicted molar refractivity (Wildman–Crippen MR) is 76.9 cm³/mol. The van der Waals surface area contributed by atoms with Gasteiger partial charge in [-0.25, -0.2) is 4.79 Å². The number of hydrogen-bond acceptors (Lipinski definition) is 2. The molecule has 0 spiro atoms. The molecule has 2 N–H and O–H groups in total. The van der Waals surface area contributed by atoms with E-state index in [1.54, 1.807) is 18.2 Å². The number of carboxylic acid groups (broad SMARTS) is 1. The van der Waals surface area contributed by atoms with Crippen molar-refractivity contribution in [2.75, 3.05) is 5.32 Å². The number of para-hydroxylation sites is 1. The molecule has 3 nitrogen and oxygen atoms in total. The Morgan fingerprint density at radius 1 is 1.26 bits per heavy atom. The number of nitrogens with one attached hydrogen (secondary N) is 1. The van der Waals surface area contributed by atoms with Crippen molar-refractivity contribution in [1.82, 2.24) is 0 Å². The average molecular weight is 276 g/mol. The first-order chi connectivity index (χ1) is 9.08. The van der Waals surface area contributed by atoms with Crippen LogP contribution in [-0.2, 0) is 6.54 Å². The number of carboxylic acids is 1. The molecule has 0 saturated heterocycles. The Morgan fingerprint density at radius 2 is 2.00 bits per heavy atom. The standard InChI is InChI=1S/C15H14ClNO2/c1-10-4-2-7-13(16)14(10)17-9-11-5-3-6-12(8-11)15(18)19/h2-8,17H,9H2,1H3,(H,18,19). The lowest BCUT2D eigenvalue weighted by Crippen LogP contribution is -2.03. The Hall–Kier alpha value is -2.00. The number of carbonyl (C=O) groups is 1. The fourth-order valence-corrected chi connectivity index (χ4v) is 2.15. The molecular weight excluding hydrogens is 262 g/mol. The van der Waals surface area contributed by atoms with Crippen LogP contribution in [0, 0.1) is 6.92 Å². The van der Waals surface area contributed by atoms with Gasteiger partial charge in [-0.05, 0) is 36.2 Å². The molecule has 0 aromatic heterocycles. The maximum atomic E-state index is 10.9. The monoisotopic (exact) mass is 275 g/mol. The lowest BCUT2D eigenvalue weighted by molar-refractivity contribution is 0.0697. The van der Waals surface area contributed by atoms with Crippen molar-refractivity contribution in [3.63, 3.8) is 0 Å². The van der Waals surface area contributed by atoms with Gasteiger partial charge in [0.05, 0.1) is 16.3 Å². The second-order valence-corrected chi connectivity index (χ2v) is 4.70. The molecule has 0 aliphatic heterocycles. The van der Waals surface area contributed by atoms with Gasteiger partial charge in [0.15, 0.2) is 0 Å². The van der Waals surface area contributed by atoms with E-state index in [-0.39, 0.29) is 5.56 Å². The van der Waals surface area contributed by atoms with Crippen molar-refractivity contribution in [3.8, 4) is 0 Å².